The third kappa shape index (κ3) is 13.6. The Bertz CT molecular complexity index is 219. The van der Waals surface area contributed by atoms with Crippen molar-refractivity contribution < 1.29 is 9.00 Å². The van der Waals surface area contributed by atoms with Gasteiger partial charge in [0.15, 0.2) is 0 Å². The normalized spacial score (nSPS) is 12.5. The van der Waals surface area contributed by atoms with E-state index in [4.69, 9.17) is 5.73 Å². The molecule has 0 saturated carbocycles. The fourth-order valence-electron chi connectivity index (χ4n) is 1.71. The number of hydrogen-bond donors (Lipinski definition) is 1. The van der Waals surface area contributed by atoms with Crippen LogP contribution >= 0.6 is 0 Å². The van der Waals surface area contributed by atoms with E-state index < -0.39 is 10.8 Å². The van der Waals surface area contributed by atoms with E-state index >= 15 is 0 Å². The summed E-state index contributed by atoms with van der Waals surface area (Å²) in [5.41, 5.74) is 5.00. The molecule has 17 heavy (non-hydrogen) atoms. The summed E-state index contributed by atoms with van der Waals surface area (Å²) in [7, 11) is -0.852. The highest BCUT2D eigenvalue weighted by molar-refractivity contribution is 7.84. The predicted molar refractivity (Wildman–Crippen MR) is 74.3 cm³/mol. The van der Waals surface area contributed by atoms with Crippen molar-refractivity contribution >= 4 is 16.7 Å². The van der Waals surface area contributed by atoms with Gasteiger partial charge in [-0.3, -0.25) is 9.00 Å². The van der Waals surface area contributed by atoms with Crippen LogP contribution < -0.4 is 5.73 Å². The highest BCUT2D eigenvalue weighted by Gasteiger charge is 2.02. The minimum Gasteiger partial charge on any atom is -0.370 e. The van der Waals surface area contributed by atoms with Gasteiger partial charge in [0.25, 0.3) is 0 Å². The SMILES string of the molecule is CCCCCCCCCCS(=O)CCC(N)=O. The molecule has 0 bridgehead atoms. The van der Waals surface area contributed by atoms with E-state index in [2.05, 4.69) is 6.92 Å². The molecule has 0 rings (SSSR count). The molecular weight excluding hydrogens is 234 g/mol. The van der Waals surface area contributed by atoms with Crippen LogP contribution in [0.5, 0.6) is 0 Å². The minimum atomic E-state index is -0.852. The Balaban J connectivity index is 3.16. The molecule has 0 spiro atoms. The second kappa shape index (κ2) is 12.1. The summed E-state index contributed by atoms with van der Waals surface area (Å²) in [6.07, 6.45) is 10.3. The van der Waals surface area contributed by atoms with Gasteiger partial charge in [-0.25, -0.2) is 0 Å². The Hall–Kier alpha value is -0.380. The van der Waals surface area contributed by atoms with Crippen molar-refractivity contribution in [3.8, 4) is 0 Å². The zero-order valence-electron chi connectivity index (χ0n) is 11.1. The van der Waals surface area contributed by atoms with E-state index in [-0.39, 0.29) is 12.3 Å². The maximum atomic E-state index is 11.4. The summed E-state index contributed by atoms with van der Waals surface area (Å²) in [5, 5.41) is 0. The molecule has 1 unspecified atom stereocenters. The predicted octanol–water partition coefficient (Wildman–Crippen LogP) is 2.75. The summed E-state index contributed by atoms with van der Waals surface area (Å²) in [6, 6.07) is 0. The third-order valence-corrected chi connectivity index (χ3v) is 4.21. The first kappa shape index (κ1) is 16.6. The molecule has 3 nitrogen and oxygen atoms in total. The number of hydrogen-bond acceptors (Lipinski definition) is 2. The molecule has 0 aromatic heterocycles. The second-order valence-electron chi connectivity index (χ2n) is 4.54. The molecule has 4 heteroatoms. The average molecular weight is 261 g/mol. The Morgan fingerprint density at radius 2 is 1.47 bits per heavy atom. The summed E-state index contributed by atoms with van der Waals surface area (Å²) in [4.78, 5) is 10.5. The number of amides is 1. The lowest BCUT2D eigenvalue weighted by atomic mass is 10.1. The van der Waals surface area contributed by atoms with Crippen LogP contribution in [0.15, 0.2) is 0 Å². The zero-order valence-corrected chi connectivity index (χ0v) is 11.9. The smallest absolute Gasteiger partial charge is 0.218 e. The summed E-state index contributed by atoms with van der Waals surface area (Å²) < 4.78 is 11.4. The van der Waals surface area contributed by atoms with Gasteiger partial charge in [-0.1, -0.05) is 51.9 Å². The van der Waals surface area contributed by atoms with Crippen LogP contribution in [0.2, 0.25) is 0 Å². The first-order chi connectivity index (χ1) is 8.16. The van der Waals surface area contributed by atoms with Gasteiger partial charge in [-0.05, 0) is 6.42 Å². The molecule has 0 saturated heterocycles. The van der Waals surface area contributed by atoms with E-state index in [0.717, 1.165) is 18.6 Å². The topological polar surface area (TPSA) is 60.2 Å². The van der Waals surface area contributed by atoms with Crippen LogP contribution in [0.4, 0.5) is 0 Å². The lowest BCUT2D eigenvalue weighted by Gasteiger charge is -2.02. The van der Waals surface area contributed by atoms with Crippen molar-refractivity contribution in [2.45, 2.75) is 64.7 Å². The Kier molecular flexibility index (Phi) is 11.8. The van der Waals surface area contributed by atoms with E-state index in [1.165, 1.54) is 38.5 Å². The Labute approximate surface area is 108 Å². The molecule has 2 N–H and O–H groups in total. The summed E-state index contributed by atoms with van der Waals surface area (Å²) >= 11 is 0. The van der Waals surface area contributed by atoms with Gasteiger partial charge < -0.3 is 5.73 Å². The Morgan fingerprint density at radius 3 is 2.00 bits per heavy atom. The highest BCUT2D eigenvalue weighted by atomic mass is 32.2. The molecule has 0 aliphatic carbocycles. The third-order valence-electron chi connectivity index (χ3n) is 2.80. The van der Waals surface area contributed by atoms with Crippen molar-refractivity contribution in [3.05, 3.63) is 0 Å². The van der Waals surface area contributed by atoms with E-state index in [9.17, 15) is 9.00 Å². The number of carbonyl (C=O) groups excluding carboxylic acids is 1. The number of nitrogens with two attached hydrogens (primary N) is 1. The maximum Gasteiger partial charge on any atom is 0.218 e. The van der Waals surface area contributed by atoms with Crippen molar-refractivity contribution in [2.24, 2.45) is 5.73 Å². The lowest BCUT2D eigenvalue weighted by Crippen LogP contribution is -2.15. The van der Waals surface area contributed by atoms with Gasteiger partial charge in [0, 0.05) is 28.7 Å². The van der Waals surface area contributed by atoms with Gasteiger partial charge >= 0.3 is 0 Å². The molecule has 1 atom stereocenters. The fraction of sp³-hybridized carbons (Fsp3) is 0.923. The van der Waals surface area contributed by atoms with Crippen LogP contribution in [-0.4, -0.2) is 21.6 Å². The van der Waals surface area contributed by atoms with Gasteiger partial charge in [0.1, 0.15) is 0 Å². The van der Waals surface area contributed by atoms with Crippen LogP contribution in [0.3, 0.4) is 0 Å². The molecule has 0 radical (unpaired) electrons. The van der Waals surface area contributed by atoms with Gasteiger partial charge in [-0.2, -0.15) is 0 Å². The van der Waals surface area contributed by atoms with Crippen LogP contribution in [0, 0.1) is 0 Å². The molecule has 1 amide bonds. The van der Waals surface area contributed by atoms with Gasteiger partial charge in [-0.15, -0.1) is 0 Å². The first-order valence-corrected chi connectivity index (χ1v) is 8.29. The van der Waals surface area contributed by atoms with E-state index in [1.807, 2.05) is 0 Å². The van der Waals surface area contributed by atoms with Crippen LogP contribution in [0.1, 0.15) is 64.7 Å². The molecule has 0 aliphatic rings. The molecular formula is C13H27NO2S. The lowest BCUT2D eigenvalue weighted by molar-refractivity contribution is -0.117. The fourth-order valence-corrected chi connectivity index (χ4v) is 2.87. The highest BCUT2D eigenvalue weighted by Crippen LogP contribution is 2.08. The molecule has 0 aromatic rings. The monoisotopic (exact) mass is 261 g/mol. The minimum absolute atomic E-state index is 0.254. The summed E-state index contributed by atoms with van der Waals surface area (Å²) in [6.45, 7) is 2.22. The van der Waals surface area contributed by atoms with E-state index in [1.54, 1.807) is 0 Å². The van der Waals surface area contributed by atoms with Crippen molar-refractivity contribution in [2.75, 3.05) is 11.5 Å². The number of primary amides is 1. The first-order valence-electron chi connectivity index (χ1n) is 6.80. The standard InChI is InChI=1S/C13H27NO2S/c1-2-3-4-5-6-7-8-9-11-17(16)12-10-13(14)15/h2-12H2,1H3,(H2,14,15). The largest absolute Gasteiger partial charge is 0.370 e. The van der Waals surface area contributed by atoms with Crippen molar-refractivity contribution in [1.29, 1.82) is 0 Å². The quantitative estimate of drug-likeness (QED) is 0.549. The number of rotatable bonds is 12. The van der Waals surface area contributed by atoms with Crippen molar-refractivity contribution in [1.82, 2.24) is 0 Å². The average Bonchev–Trinajstić information content (AvgIpc) is 2.30. The van der Waals surface area contributed by atoms with E-state index in [0.29, 0.717) is 5.75 Å². The molecule has 102 valence electrons. The van der Waals surface area contributed by atoms with Crippen molar-refractivity contribution in [3.63, 3.8) is 0 Å². The zero-order chi connectivity index (χ0) is 12.9. The molecule has 0 fully saturated rings. The summed E-state index contributed by atoms with van der Waals surface area (Å²) in [5.74, 6) is 0.808. The molecule has 0 aliphatic heterocycles. The number of unbranched alkanes of at least 4 members (excludes halogenated alkanes) is 7. The van der Waals surface area contributed by atoms with Crippen LogP contribution in [0.25, 0.3) is 0 Å². The maximum absolute atomic E-state index is 11.4. The van der Waals surface area contributed by atoms with Crippen LogP contribution in [-0.2, 0) is 15.6 Å². The second-order valence-corrected chi connectivity index (χ2v) is 6.24. The Morgan fingerprint density at radius 1 is 0.941 bits per heavy atom. The molecule has 0 heterocycles. The molecule has 0 aromatic carbocycles. The van der Waals surface area contributed by atoms with Gasteiger partial charge in [0.05, 0.1) is 0 Å². The number of carbonyl (C=O) groups is 1. The van der Waals surface area contributed by atoms with Gasteiger partial charge in [0.2, 0.25) is 5.91 Å².